The van der Waals surface area contributed by atoms with Crippen molar-refractivity contribution in [2.45, 2.75) is 4.90 Å². The monoisotopic (exact) mass is 307 g/mol. The fourth-order valence-corrected chi connectivity index (χ4v) is 1.67. The van der Waals surface area contributed by atoms with Crippen LogP contribution in [0.4, 0.5) is 19.4 Å². The third-order valence-corrected chi connectivity index (χ3v) is 3.07. The van der Waals surface area contributed by atoms with Gasteiger partial charge in [0.05, 0.1) is 7.11 Å². The molecule has 0 aromatic heterocycles. The number of hydroxylamine groups is 1. The summed E-state index contributed by atoms with van der Waals surface area (Å²) in [5.74, 6) is -0.821. The van der Waals surface area contributed by atoms with Crippen LogP contribution in [0.2, 0.25) is 0 Å². The molecule has 1 aromatic rings. The van der Waals surface area contributed by atoms with Gasteiger partial charge in [-0.2, -0.15) is 0 Å². The zero-order valence-electron chi connectivity index (χ0n) is 9.54. The molecule has 0 spiro atoms. The van der Waals surface area contributed by atoms with Crippen LogP contribution < -0.4 is 10.3 Å². The third-order valence-electron chi connectivity index (χ3n) is 1.90. The van der Waals surface area contributed by atoms with E-state index in [2.05, 4.69) is 15.1 Å². The molecular weight excluding hydrogens is 297 g/mol. The van der Waals surface area contributed by atoms with E-state index in [0.29, 0.717) is 12.1 Å². The lowest BCUT2D eigenvalue weighted by Gasteiger charge is -2.40. The second-order valence-electron chi connectivity index (χ2n) is 3.44. The summed E-state index contributed by atoms with van der Waals surface area (Å²) < 4.78 is 66.1. The van der Waals surface area contributed by atoms with Crippen LogP contribution in [-0.2, 0) is 9.53 Å². The van der Waals surface area contributed by atoms with E-state index in [1.807, 2.05) is 0 Å². The van der Waals surface area contributed by atoms with Crippen molar-refractivity contribution in [2.75, 3.05) is 13.7 Å². The molecule has 0 aliphatic heterocycles. The van der Waals surface area contributed by atoms with E-state index in [9.17, 15) is 24.2 Å². The molecule has 110 valence electrons. The van der Waals surface area contributed by atoms with E-state index in [-0.39, 0.29) is 24.4 Å². The standard InChI is InChI=1S/C9H10F5NO3S/c1-17-9(16)6-15-18-7-2-4-8(5-3-7)19(10,11,12,13)14/h2-5,15H,6H2,1H3. The number of halogens is 5. The molecule has 0 saturated carbocycles. The van der Waals surface area contributed by atoms with Gasteiger partial charge in [-0.15, -0.1) is 5.48 Å². The summed E-state index contributed by atoms with van der Waals surface area (Å²) in [5.41, 5.74) is 2.10. The highest BCUT2D eigenvalue weighted by Gasteiger charge is 2.65. The van der Waals surface area contributed by atoms with Gasteiger partial charge in [0.2, 0.25) is 0 Å². The molecule has 10 heteroatoms. The molecule has 4 nitrogen and oxygen atoms in total. The van der Waals surface area contributed by atoms with Gasteiger partial charge < -0.3 is 9.57 Å². The molecule has 0 unspecified atom stereocenters. The van der Waals surface area contributed by atoms with Gasteiger partial charge in [0.1, 0.15) is 17.2 Å². The Morgan fingerprint density at radius 1 is 1.16 bits per heavy atom. The number of carbonyl (C=O) groups is 1. The van der Waals surface area contributed by atoms with E-state index < -0.39 is 21.1 Å². The average molecular weight is 307 g/mol. The first-order chi connectivity index (χ1) is 8.42. The zero-order valence-corrected chi connectivity index (χ0v) is 10.4. The Morgan fingerprint density at radius 3 is 2.11 bits per heavy atom. The minimum Gasteiger partial charge on any atom is -0.468 e. The highest BCUT2D eigenvalue weighted by Crippen LogP contribution is 3.02. The van der Waals surface area contributed by atoms with Crippen LogP contribution in [0.15, 0.2) is 29.2 Å². The molecule has 0 heterocycles. The fraction of sp³-hybridized carbons (Fsp3) is 0.222. The van der Waals surface area contributed by atoms with E-state index in [1.54, 1.807) is 0 Å². The molecule has 0 fully saturated rings. The Hall–Kier alpha value is -1.55. The van der Waals surface area contributed by atoms with Crippen LogP contribution in [0.3, 0.4) is 0 Å². The lowest BCUT2D eigenvalue weighted by Crippen LogP contribution is -2.26. The molecule has 0 aliphatic carbocycles. The molecule has 0 atom stereocenters. The van der Waals surface area contributed by atoms with Crippen LogP contribution in [0.1, 0.15) is 0 Å². The highest BCUT2D eigenvalue weighted by atomic mass is 32.5. The van der Waals surface area contributed by atoms with Crippen molar-refractivity contribution in [3.05, 3.63) is 24.3 Å². The predicted molar refractivity (Wildman–Crippen MR) is 58.5 cm³/mol. The number of esters is 1. The molecule has 0 saturated heterocycles. The van der Waals surface area contributed by atoms with Crippen LogP contribution in [-0.4, -0.2) is 19.6 Å². The molecule has 1 N–H and O–H groups in total. The third kappa shape index (κ3) is 4.91. The Balaban J connectivity index is 2.71. The molecule has 1 rings (SSSR count). The Bertz CT molecular complexity index is 472. The number of methoxy groups -OCH3 is 1. The van der Waals surface area contributed by atoms with Crippen molar-refractivity contribution in [1.29, 1.82) is 0 Å². The van der Waals surface area contributed by atoms with Crippen molar-refractivity contribution < 1.29 is 33.8 Å². The van der Waals surface area contributed by atoms with Crippen molar-refractivity contribution >= 4 is 16.2 Å². The van der Waals surface area contributed by atoms with Gasteiger partial charge in [-0.1, -0.05) is 19.4 Å². The van der Waals surface area contributed by atoms with Gasteiger partial charge in [0, 0.05) is 0 Å². The molecule has 1 aromatic carbocycles. The molecule has 0 aliphatic rings. The second kappa shape index (κ2) is 4.23. The van der Waals surface area contributed by atoms with E-state index >= 15 is 0 Å². The first-order valence-electron chi connectivity index (χ1n) is 4.73. The number of hydrogen-bond donors (Lipinski definition) is 1. The minimum absolute atomic E-state index is 0.158. The van der Waals surface area contributed by atoms with Crippen LogP contribution in [0.5, 0.6) is 5.75 Å². The van der Waals surface area contributed by atoms with Gasteiger partial charge in [0.15, 0.2) is 0 Å². The number of carbonyl (C=O) groups excluding carboxylic acids is 1. The van der Waals surface area contributed by atoms with Gasteiger partial charge in [0.25, 0.3) is 0 Å². The Morgan fingerprint density at radius 2 is 1.68 bits per heavy atom. The van der Waals surface area contributed by atoms with Gasteiger partial charge in [-0.3, -0.25) is 4.79 Å². The summed E-state index contributed by atoms with van der Waals surface area (Å²) in [5, 5.41) is 0. The summed E-state index contributed by atoms with van der Waals surface area (Å²) in [6.07, 6.45) is 0. The van der Waals surface area contributed by atoms with Gasteiger partial charge >= 0.3 is 16.2 Å². The summed E-state index contributed by atoms with van der Waals surface area (Å²) in [4.78, 5) is 13.3. The first kappa shape index (κ1) is 15.5. The van der Waals surface area contributed by atoms with Crippen LogP contribution in [0, 0.1) is 0 Å². The number of rotatable bonds is 5. The number of ether oxygens (including phenoxy) is 1. The largest absolute Gasteiger partial charge is 0.468 e. The first-order valence-corrected chi connectivity index (χ1v) is 6.68. The van der Waals surface area contributed by atoms with Crippen molar-refractivity contribution in [1.82, 2.24) is 5.48 Å². The summed E-state index contributed by atoms with van der Waals surface area (Å²) >= 11 is 0. The van der Waals surface area contributed by atoms with Crippen LogP contribution >= 0.6 is 10.2 Å². The fourth-order valence-electron chi connectivity index (χ4n) is 1.02. The minimum atomic E-state index is -9.66. The van der Waals surface area contributed by atoms with Crippen molar-refractivity contribution in [3.8, 4) is 5.75 Å². The van der Waals surface area contributed by atoms with Gasteiger partial charge in [-0.25, -0.2) is 0 Å². The summed E-state index contributed by atoms with van der Waals surface area (Å²) in [6.45, 7) is -0.347. The number of hydrogen-bond acceptors (Lipinski definition) is 4. The Kier molecular flexibility index (Phi) is 3.46. The molecule has 0 bridgehead atoms. The average Bonchev–Trinajstić information content (AvgIpc) is 2.26. The lowest BCUT2D eigenvalue weighted by molar-refractivity contribution is -0.140. The normalized spacial score (nSPS) is 15.3. The SMILES string of the molecule is COC(=O)CNOc1ccc(S(F)(F)(F)(F)F)cc1. The lowest BCUT2D eigenvalue weighted by atomic mass is 10.3. The smallest absolute Gasteiger partial charge is 0.323 e. The number of benzene rings is 1. The van der Waals surface area contributed by atoms with Gasteiger partial charge in [-0.05, 0) is 24.3 Å². The molecule has 0 amide bonds. The van der Waals surface area contributed by atoms with E-state index in [0.717, 1.165) is 7.11 Å². The quantitative estimate of drug-likeness (QED) is 0.514. The summed E-state index contributed by atoms with van der Waals surface area (Å²) in [7, 11) is -8.53. The highest BCUT2D eigenvalue weighted by molar-refractivity contribution is 8.45. The summed E-state index contributed by atoms with van der Waals surface area (Å²) in [6, 6.07) is 1.82. The maximum Gasteiger partial charge on any atom is 0.323 e. The maximum absolute atomic E-state index is 12.4. The molecular formula is C9H10F5NO3S. The Labute approximate surface area is 105 Å². The zero-order chi connectivity index (χ0) is 14.8. The van der Waals surface area contributed by atoms with E-state index in [4.69, 9.17) is 0 Å². The predicted octanol–water partition coefficient (Wildman–Crippen LogP) is 3.40. The van der Waals surface area contributed by atoms with E-state index in [1.165, 1.54) is 0 Å². The molecule has 19 heavy (non-hydrogen) atoms. The van der Waals surface area contributed by atoms with Crippen molar-refractivity contribution in [2.24, 2.45) is 0 Å². The van der Waals surface area contributed by atoms with Crippen molar-refractivity contribution in [3.63, 3.8) is 0 Å². The molecule has 0 radical (unpaired) electrons. The maximum atomic E-state index is 12.4. The second-order valence-corrected chi connectivity index (χ2v) is 5.85. The number of nitrogens with one attached hydrogen (secondary N) is 1. The topological polar surface area (TPSA) is 47.6 Å². The van der Waals surface area contributed by atoms with Crippen LogP contribution in [0.25, 0.3) is 0 Å².